The van der Waals surface area contributed by atoms with E-state index in [1.54, 1.807) is 6.07 Å². The van der Waals surface area contributed by atoms with Gasteiger partial charge in [0, 0.05) is 22.8 Å². The number of aromatic nitrogens is 3. The number of phenolic OH excluding ortho intramolecular Hbond substituents is 1. The third kappa shape index (κ3) is 2.64. The number of hydrogen-bond acceptors (Lipinski definition) is 2. The highest BCUT2D eigenvalue weighted by atomic mass is 16.3. The van der Waals surface area contributed by atoms with Gasteiger partial charge in [0.25, 0.3) is 0 Å². The minimum absolute atomic E-state index is 0.226. The molecule has 0 radical (unpaired) electrons. The Morgan fingerprint density at radius 2 is 1.21 bits per heavy atom. The Morgan fingerprint density at radius 1 is 0.655 bits per heavy atom. The van der Waals surface area contributed by atoms with Gasteiger partial charge in [-0.3, -0.25) is 4.57 Å². The Balaban J connectivity index is 1.89. The van der Waals surface area contributed by atoms with Gasteiger partial charge in [-0.1, -0.05) is 48.5 Å². The Labute approximate surface area is 169 Å². The second kappa shape index (κ2) is 6.67. The first-order valence-electron chi connectivity index (χ1n) is 9.66. The van der Waals surface area contributed by atoms with Crippen molar-refractivity contribution in [3.05, 3.63) is 96.3 Å². The van der Waals surface area contributed by atoms with Gasteiger partial charge in [-0.25, -0.2) is 4.98 Å². The van der Waals surface area contributed by atoms with Crippen LogP contribution in [0.4, 0.5) is 0 Å². The standard InChI is InChI=1S/C25H21N3O/c1-17-23-24(18(2)27(17)19-11-5-3-6-12-19)28(20-13-7-4-8-14-20)25(26-23)21-15-9-10-16-22(21)29/h3-16,29H,1-2H3. The monoisotopic (exact) mass is 379 g/mol. The summed E-state index contributed by atoms with van der Waals surface area (Å²) >= 11 is 0. The summed E-state index contributed by atoms with van der Waals surface area (Å²) < 4.78 is 4.39. The molecule has 0 aliphatic heterocycles. The molecule has 0 unspecified atom stereocenters. The number of imidazole rings is 1. The summed E-state index contributed by atoms with van der Waals surface area (Å²) in [5, 5.41) is 10.5. The third-order valence-corrected chi connectivity index (χ3v) is 5.41. The Hall–Kier alpha value is -3.79. The predicted molar refractivity (Wildman–Crippen MR) is 117 cm³/mol. The molecule has 0 fully saturated rings. The lowest BCUT2D eigenvalue weighted by atomic mass is 10.2. The fourth-order valence-electron chi connectivity index (χ4n) is 4.11. The van der Waals surface area contributed by atoms with E-state index in [2.05, 4.69) is 47.2 Å². The molecule has 29 heavy (non-hydrogen) atoms. The normalized spacial score (nSPS) is 11.2. The summed E-state index contributed by atoms with van der Waals surface area (Å²) in [5.74, 6) is 0.967. The van der Waals surface area contributed by atoms with Gasteiger partial charge in [0.1, 0.15) is 17.1 Å². The zero-order valence-corrected chi connectivity index (χ0v) is 16.4. The van der Waals surface area contributed by atoms with E-state index in [0.29, 0.717) is 0 Å². The Bertz CT molecular complexity index is 1310. The van der Waals surface area contributed by atoms with E-state index in [4.69, 9.17) is 4.98 Å². The second-order valence-corrected chi connectivity index (χ2v) is 7.16. The predicted octanol–water partition coefficient (Wildman–Crippen LogP) is 5.81. The molecule has 5 aromatic rings. The summed E-state index contributed by atoms with van der Waals surface area (Å²) in [6.07, 6.45) is 0. The average Bonchev–Trinajstić information content (AvgIpc) is 3.26. The van der Waals surface area contributed by atoms with Crippen LogP contribution in [-0.4, -0.2) is 19.2 Å². The lowest BCUT2D eigenvalue weighted by molar-refractivity contribution is 0.477. The van der Waals surface area contributed by atoms with Crippen LogP contribution < -0.4 is 0 Å². The number of benzene rings is 3. The largest absolute Gasteiger partial charge is 0.507 e. The molecule has 0 saturated heterocycles. The highest BCUT2D eigenvalue weighted by molar-refractivity contribution is 5.89. The number of fused-ring (bicyclic) bond motifs is 1. The van der Waals surface area contributed by atoms with Crippen molar-refractivity contribution in [2.75, 3.05) is 0 Å². The zero-order valence-electron chi connectivity index (χ0n) is 16.4. The summed E-state index contributed by atoms with van der Waals surface area (Å²) in [6.45, 7) is 4.22. The number of aryl methyl sites for hydroxylation is 2. The van der Waals surface area contributed by atoms with Gasteiger partial charge < -0.3 is 9.67 Å². The first-order chi connectivity index (χ1) is 14.2. The quantitative estimate of drug-likeness (QED) is 0.430. The lowest BCUT2D eigenvalue weighted by Gasteiger charge is -2.13. The molecule has 0 amide bonds. The van der Waals surface area contributed by atoms with Crippen LogP contribution in [0.1, 0.15) is 11.4 Å². The lowest BCUT2D eigenvalue weighted by Crippen LogP contribution is -2.03. The molecule has 3 aromatic carbocycles. The molecule has 0 spiro atoms. The summed E-state index contributed by atoms with van der Waals surface area (Å²) in [4.78, 5) is 5.01. The third-order valence-electron chi connectivity index (χ3n) is 5.41. The molecule has 2 aromatic heterocycles. The number of phenols is 1. The van der Waals surface area contributed by atoms with Crippen molar-refractivity contribution in [3.63, 3.8) is 0 Å². The minimum atomic E-state index is 0.226. The van der Waals surface area contributed by atoms with E-state index < -0.39 is 0 Å². The molecule has 0 atom stereocenters. The van der Waals surface area contributed by atoms with Gasteiger partial charge in [-0.05, 0) is 50.2 Å². The molecule has 0 saturated carbocycles. The van der Waals surface area contributed by atoms with Crippen molar-refractivity contribution in [1.29, 1.82) is 0 Å². The molecule has 4 heteroatoms. The maximum absolute atomic E-state index is 10.5. The molecular formula is C25H21N3O. The van der Waals surface area contributed by atoms with Gasteiger partial charge in [0.2, 0.25) is 0 Å². The number of hydrogen-bond donors (Lipinski definition) is 1. The van der Waals surface area contributed by atoms with Crippen molar-refractivity contribution < 1.29 is 5.11 Å². The minimum Gasteiger partial charge on any atom is -0.507 e. The van der Waals surface area contributed by atoms with E-state index >= 15 is 0 Å². The van der Waals surface area contributed by atoms with Crippen molar-refractivity contribution in [3.8, 4) is 28.5 Å². The summed E-state index contributed by atoms with van der Waals surface area (Å²) in [5.41, 5.74) is 7.03. The van der Waals surface area contributed by atoms with Gasteiger partial charge in [-0.2, -0.15) is 0 Å². The summed E-state index contributed by atoms with van der Waals surface area (Å²) in [6, 6.07) is 27.9. The van der Waals surface area contributed by atoms with Crippen LogP contribution >= 0.6 is 0 Å². The van der Waals surface area contributed by atoms with Crippen LogP contribution in [0, 0.1) is 13.8 Å². The van der Waals surface area contributed by atoms with E-state index in [0.717, 1.165) is 45.2 Å². The van der Waals surface area contributed by atoms with Gasteiger partial charge in [0.05, 0.1) is 11.1 Å². The van der Waals surface area contributed by atoms with E-state index in [-0.39, 0.29) is 5.75 Å². The van der Waals surface area contributed by atoms with Gasteiger partial charge >= 0.3 is 0 Å². The number of nitrogens with zero attached hydrogens (tertiary/aromatic N) is 3. The average molecular weight is 379 g/mol. The number of para-hydroxylation sites is 3. The van der Waals surface area contributed by atoms with Crippen molar-refractivity contribution in [1.82, 2.24) is 14.1 Å². The van der Waals surface area contributed by atoms with Gasteiger partial charge in [0.15, 0.2) is 0 Å². The molecule has 0 aliphatic carbocycles. The Kier molecular flexibility index (Phi) is 3.98. The number of aromatic hydroxyl groups is 1. The van der Waals surface area contributed by atoms with Crippen LogP contribution in [-0.2, 0) is 0 Å². The van der Waals surface area contributed by atoms with E-state index in [1.807, 2.05) is 54.6 Å². The maximum Gasteiger partial charge on any atom is 0.149 e. The van der Waals surface area contributed by atoms with Crippen LogP contribution in [0.5, 0.6) is 5.75 Å². The molecule has 142 valence electrons. The number of rotatable bonds is 3. The molecule has 0 aliphatic rings. The molecule has 2 heterocycles. The highest BCUT2D eigenvalue weighted by Gasteiger charge is 2.23. The Morgan fingerprint density at radius 3 is 1.83 bits per heavy atom. The first-order valence-corrected chi connectivity index (χ1v) is 9.66. The SMILES string of the molecule is Cc1c2nc(-c3ccccc3O)n(-c3ccccc3)c2c(C)n1-c1ccccc1. The topological polar surface area (TPSA) is 43.0 Å². The fraction of sp³-hybridized carbons (Fsp3) is 0.0800. The second-order valence-electron chi connectivity index (χ2n) is 7.16. The van der Waals surface area contributed by atoms with Crippen molar-refractivity contribution in [2.24, 2.45) is 0 Å². The smallest absolute Gasteiger partial charge is 0.149 e. The van der Waals surface area contributed by atoms with Crippen LogP contribution in [0.2, 0.25) is 0 Å². The van der Waals surface area contributed by atoms with Crippen molar-refractivity contribution in [2.45, 2.75) is 13.8 Å². The fourth-order valence-corrected chi connectivity index (χ4v) is 4.11. The van der Waals surface area contributed by atoms with Crippen LogP contribution in [0.15, 0.2) is 84.9 Å². The highest BCUT2D eigenvalue weighted by Crippen LogP contribution is 2.37. The maximum atomic E-state index is 10.5. The molecular weight excluding hydrogens is 358 g/mol. The summed E-state index contributed by atoms with van der Waals surface area (Å²) in [7, 11) is 0. The molecule has 1 N–H and O–H groups in total. The molecule has 4 nitrogen and oxygen atoms in total. The van der Waals surface area contributed by atoms with Gasteiger partial charge in [-0.15, -0.1) is 0 Å². The van der Waals surface area contributed by atoms with Crippen LogP contribution in [0.25, 0.3) is 33.8 Å². The van der Waals surface area contributed by atoms with Crippen molar-refractivity contribution >= 4 is 11.0 Å². The molecule has 0 bridgehead atoms. The van der Waals surface area contributed by atoms with E-state index in [9.17, 15) is 5.11 Å². The first kappa shape index (κ1) is 17.3. The zero-order chi connectivity index (χ0) is 20.0. The van der Waals surface area contributed by atoms with Crippen LogP contribution in [0.3, 0.4) is 0 Å². The van der Waals surface area contributed by atoms with E-state index in [1.165, 1.54) is 0 Å². The molecule has 5 rings (SSSR count).